The molecule has 2 aromatic rings. The number of methoxy groups -OCH3 is 3. The second kappa shape index (κ2) is 11.7. The van der Waals surface area contributed by atoms with E-state index in [1.807, 2.05) is 36.4 Å². The van der Waals surface area contributed by atoms with Crippen molar-refractivity contribution in [3.05, 3.63) is 52.5 Å². The topological polar surface area (TPSA) is 114 Å². The van der Waals surface area contributed by atoms with Gasteiger partial charge < -0.3 is 29.7 Å². The summed E-state index contributed by atoms with van der Waals surface area (Å²) >= 11 is 5.88. The van der Waals surface area contributed by atoms with E-state index in [2.05, 4.69) is 5.32 Å². The molecule has 0 spiro atoms. The van der Waals surface area contributed by atoms with Crippen LogP contribution in [0, 0.1) is 0 Å². The fraction of sp³-hybridized carbons (Fsp3) is 0.263. The molecule has 0 saturated carbocycles. The summed E-state index contributed by atoms with van der Waals surface area (Å²) in [5.41, 5.74) is 2.24. The normalized spacial score (nSPS) is 9.71. The second-order valence-electron chi connectivity index (χ2n) is 5.37. The highest BCUT2D eigenvalue weighted by molar-refractivity contribution is 6.30. The molecule has 0 heterocycles. The molecular weight excluding hydrogens is 390 g/mol. The van der Waals surface area contributed by atoms with Gasteiger partial charge in [-0.3, -0.25) is 0 Å². The van der Waals surface area contributed by atoms with Gasteiger partial charge in [0.05, 0.1) is 21.3 Å². The first-order valence-electron chi connectivity index (χ1n) is 8.02. The van der Waals surface area contributed by atoms with Crippen molar-refractivity contribution < 1.29 is 34.0 Å². The van der Waals surface area contributed by atoms with Crippen molar-refractivity contribution in [1.82, 2.24) is 5.32 Å². The molecule has 0 bridgehead atoms. The number of benzene rings is 2. The number of carboxylic acid groups (broad SMARTS) is 2. The molecule has 3 N–H and O–H groups in total. The Balaban J connectivity index is 0.000000568. The third kappa shape index (κ3) is 7.34. The highest BCUT2D eigenvalue weighted by Gasteiger charge is 2.12. The summed E-state index contributed by atoms with van der Waals surface area (Å²) in [6.07, 6.45) is 0. The Morgan fingerprint density at radius 2 is 1.32 bits per heavy atom. The van der Waals surface area contributed by atoms with Gasteiger partial charge in [0.2, 0.25) is 5.75 Å². The first-order chi connectivity index (χ1) is 13.3. The maximum Gasteiger partial charge on any atom is 0.414 e. The predicted molar refractivity (Wildman–Crippen MR) is 103 cm³/mol. The smallest absolute Gasteiger partial charge is 0.414 e. The van der Waals surface area contributed by atoms with Crippen LogP contribution in [0.4, 0.5) is 0 Å². The number of hydrogen-bond acceptors (Lipinski definition) is 6. The highest BCUT2D eigenvalue weighted by atomic mass is 35.5. The molecule has 0 saturated heterocycles. The van der Waals surface area contributed by atoms with Gasteiger partial charge in [-0.1, -0.05) is 23.7 Å². The lowest BCUT2D eigenvalue weighted by atomic mass is 10.1. The molecule has 0 amide bonds. The molecule has 2 aromatic carbocycles. The number of carbonyl (C=O) groups is 2. The average Bonchev–Trinajstić information content (AvgIpc) is 2.69. The number of hydrogen-bond donors (Lipinski definition) is 3. The van der Waals surface area contributed by atoms with Crippen LogP contribution in [0.25, 0.3) is 0 Å². The van der Waals surface area contributed by atoms with Gasteiger partial charge >= 0.3 is 11.9 Å². The number of carboxylic acids is 2. The largest absolute Gasteiger partial charge is 0.493 e. The summed E-state index contributed by atoms with van der Waals surface area (Å²) in [6.45, 7) is 1.45. The summed E-state index contributed by atoms with van der Waals surface area (Å²) in [6, 6.07) is 11.7. The van der Waals surface area contributed by atoms with Crippen molar-refractivity contribution in [3.8, 4) is 17.2 Å². The van der Waals surface area contributed by atoms with Gasteiger partial charge in [-0.25, -0.2) is 9.59 Å². The molecule has 0 fully saturated rings. The maximum atomic E-state index is 9.10. The minimum atomic E-state index is -1.82. The maximum absolute atomic E-state index is 9.10. The number of ether oxygens (including phenoxy) is 3. The molecule has 28 heavy (non-hydrogen) atoms. The lowest BCUT2D eigenvalue weighted by Crippen LogP contribution is -2.13. The Bertz CT molecular complexity index is 756. The minimum Gasteiger partial charge on any atom is -0.493 e. The van der Waals surface area contributed by atoms with Crippen molar-refractivity contribution in [1.29, 1.82) is 0 Å². The number of rotatable bonds is 7. The summed E-state index contributed by atoms with van der Waals surface area (Å²) in [5.74, 6) is -1.73. The molecule has 8 nitrogen and oxygen atoms in total. The Kier molecular flexibility index (Phi) is 9.63. The number of nitrogens with one attached hydrogen (secondary N) is 1. The van der Waals surface area contributed by atoms with Gasteiger partial charge in [0.25, 0.3) is 0 Å². The van der Waals surface area contributed by atoms with Gasteiger partial charge in [0, 0.05) is 18.1 Å². The zero-order chi connectivity index (χ0) is 21.1. The zero-order valence-electron chi connectivity index (χ0n) is 15.7. The van der Waals surface area contributed by atoms with Crippen LogP contribution in [-0.4, -0.2) is 43.5 Å². The van der Waals surface area contributed by atoms with Crippen LogP contribution in [0.15, 0.2) is 36.4 Å². The van der Waals surface area contributed by atoms with E-state index in [1.165, 1.54) is 5.56 Å². The summed E-state index contributed by atoms with van der Waals surface area (Å²) < 4.78 is 16.0. The summed E-state index contributed by atoms with van der Waals surface area (Å²) in [7, 11) is 4.82. The molecule has 0 aliphatic rings. The molecular formula is C19H22ClNO7. The molecule has 0 unspecified atom stereocenters. The van der Waals surface area contributed by atoms with E-state index >= 15 is 0 Å². The fourth-order valence-electron chi connectivity index (χ4n) is 2.19. The molecule has 152 valence electrons. The van der Waals surface area contributed by atoms with Gasteiger partial charge in [-0.05, 0) is 35.4 Å². The fourth-order valence-corrected chi connectivity index (χ4v) is 2.32. The van der Waals surface area contributed by atoms with E-state index in [-0.39, 0.29) is 0 Å². The molecule has 0 aliphatic carbocycles. The van der Waals surface area contributed by atoms with Crippen LogP contribution >= 0.6 is 11.6 Å². The van der Waals surface area contributed by atoms with E-state index < -0.39 is 11.9 Å². The van der Waals surface area contributed by atoms with Gasteiger partial charge in [-0.2, -0.15) is 0 Å². The Morgan fingerprint density at radius 1 is 0.857 bits per heavy atom. The van der Waals surface area contributed by atoms with E-state index in [4.69, 9.17) is 45.6 Å². The minimum absolute atomic E-state index is 0.603. The van der Waals surface area contributed by atoms with Crippen molar-refractivity contribution in [2.45, 2.75) is 13.1 Å². The molecule has 0 aliphatic heterocycles. The molecule has 0 atom stereocenters. The third-order valence-corrected chi connectivity index (χ3v) is 3.73. The summed E-state index contributed by atoms with van der Waals surface area (Å²) in [5, 5.41) is 18.9. The van der Waals surface area contributed by atoms with Gasteiger partial charge in [0.15, 0.2) is 11.5 Å². The van der Waals surface area contributed by atoms with Crippen molar-refractivity contribution >= 4 is 23.5 Å². The lowest BCUT2D eigenvalue weighted by Gasteiger charge is -2.14. The standard InChI is InChI=1S/C17H20ClNO3.C2H2O4/c1-20-15-8-13(9-16(21-2)17(15)22-3)11-19-10-12-4-6-14(18)7-5-12;3-1(4)2(5)6/h4-9,19H,10-11H2,1-3H3;(H,3,4)(H,5,6). The van der Waals surface area contributed by atoms with Crippen molar-refractivity contribution in [3.63, 3.8) is 0 Å². The SMILES string of the molecule is COc1cc(CNCc2ccc(Cl)cc2)cc(OC)c1OC.O=C(O)C(=O)O. The second-order valence-corrected chi connectivity index (χ2v) is 5.81. The quantitative estimate of drug-likeness (QED) is 0.596. The van der Waals surface area contributed by atoms with E-state index in [0.29, 0.717) is 23.8 Å². The van der Waals surface area contributed by atoms with Crippen LogP contribution in [0.1, 0.15) is 11.1 Å². The highest BCUT2D eigenvalue weighted by Crippen LogP contribution is 2.38. The predicted octanol–water partition coefficient (Wildman–Crippen LogP) is 2.81. The van der Waals surface area contributed by atoms with E-state index in [1.54, 1.807) is 21.3 Å². The van der Waals surface area contributed by atoms with Crippen molar-refractivity contribution in [2.75, 3.05) is 21.3 Å². The monoisotopic (exact) mass is 411 g/mol. The van der Waals surface area contributed by atoms with Crippen molar-refractivity contribution in [2.24, 2.45) is 0 Å². The first kappa shape index (κ1) is 23.1. The number of halogens is 1. The van der Waals surface area contributed by atoms with Gasteiger partial charge in [0.1, 0.15) is 0 Å². The van der Waals surface area contributed by atoms with E-state index in [0.717, 1.165) is 17.1 Å². The molecule has 9 heteroatoms. The van der Waals surface area contributed by atoms with Crippen LogP contribution in [0.2, 0.25) is 5.02 Å². The van der Waals surface area contributed by atoms with Crippen LogP contribution in [0.3, 0.4) is 0 Å². The Hall–Kier alpha value is -2.97. The molecule has 0 radical (unpaired) electrons. The Morgan fingerprint density at radius 3 is 1.71 bits per heavy atom. The Labute approximate surface area is 167 Å². The number of aliphatic carboxylic acids is 2. The average molecular weight is 412 g/mol. The van der Waals surface area contributed by atoms with Crippen LogP contribution in [-0.2, 0) is 22.7 Å². The van der Waals surface area contributed by atoms with E-state index in [9.17, 15) is 0 Å². The van der Waals surface area contributed by atoms with Gasteiger partial charge in [-0.15, -0.1) is 0 Å². The van der Waals surface area contributed by atoms with Crippen LogP contribution in [0.5, 0.6) is 17.2 Å². The first-order valence-corrected chi connectivity index (χ1v) is 8.40. The lowest BCUT2D eigenvalue weighted by molar-refractivity contribution is -0.159. The van der Waals surface area contributed by atoms with Crippen LogP contribution < -0.4 is 19.5 Å². The summed E-state index contributed by atoms with van der Waals surface area (Å²) in [4.78, 5) is 18.2. The third-order valence-electron chi connectivity index (χ3n) is 3.48. The zero-order valence-corrected chi connectivity index (χ0v) is 16.4. The molecule has 0 aromatic heterocycles. The molecule has 2 rings (SSSR count).